The van der Waals surface area contributed by atoms with Gasteiger partial charge in [0.15, 0.2) is 0 Å². The van der Waals surface area contributed by atoms with Gasteiger partial charge >= 0.3 is 0 Å². The Kier molecular flexibility index (Phi) is 7.95. The predicted molar refractivity (Wildman–Crippen MR) is 110 cm³/mol. The molecule has 1 fully saturated rings. The molecule has 1 aliphatic heterocycles. The molecule has 0 bridgehead atoms. The molecule has 1 amide bonds. The molecule has 0 aliphatic carbocycles. The molecule has 28 heavy (non-hydrogen) atoms. The Bertz CT molecular complexity index is 754. The number of methoxy groups -OCH3 is 1. The van der Waals surface area contributed by atoms with E-state index in [0.717, 1.165) is 56.0 Å². The van der Waals surface area contributed by atoms with Crippen molar-refractivity contribution >= 4 is 17.5 Å². The molecular formula is C22H29ClN2O3. The van der Waals surface area contributed by atoms with E-state index < -0.39 is 0 Å². The van der Waals surface area contributed by atoms with Crippen molar-refractivity contribution in [2.45, 2.75) is 45.4 Å². The number of amides is 1. The van der Waals surface area contributed by atoms with Gasteiger partial charge in [0.2, 0.25) is 5.91 Å². The number of halogens is 1. The van der Waals surface area contributed by atoms with Gasteiger partial charge in [0.1, 0.15) is 18.1 Å². The second-order valence-corrected chi connectivity index (χ2v) is 7.90. The van der Waals surface area contributed by atoms with Gasteiger partial charge in [-0.1, -0.05) is 23.7 Å². The first-order valence-corrected chi connectivity index (χ1v) is 10.3. The second kappa shape index (κ2) is 10.6. The zero-order valence-corrected chi connectivity index (χ0v) is 17.2. The minimum absolute atomic E-state index is 0.115. The van der Waals surface area contributed by atoms with Crippen molar-refractivity contribution < 1.29 is 13.9 Å². The highest BCUT2D eigenvalue weighted by molar-refractivity contribution is 6.30. The summed E-state index contributed by atoms with van der Waals surface area (Å²) in [5.74, 6) is 2.60. The van der Waals surface area contributed by atoms with Crippen LogP contribution in [0.3, 0.4) is 0 Å². The first-order chi connectivity index (χ1) is 13.6. The number of nitrogens with zero attached hydrogens (tertiary/aromatic N) is 1. The van der Waals surface area contributed by atoms with E-state index in [0.29, 0.717) is 30.5 Å². The fourth-order valence-corrected chi connectivity index (χ4v) is 3.86. The summed E-state index contributed by atoms with van der Waals surface area (Å²) >= 11 is 5.97. The quantitative estimate of drug-likeness (QED) is 0.673. The number of carbonyl (C=O) groups is 1. The van der Waals surface area contributed by atoms with E-state index in [9.17, 15) is 4.79 Å². The molecule has 0 saturated carbocycles. The molecule has 152 valence electrons. The number of furan rings is 1. The van der Waals surface area contributed by atoms with Crippen LogP contribution < -0.4 is 5.32 Å². The summed E-state index contributed by atoms with van der Waals surface area (Å²) in [6.45, 7) is 3.99. The lowest BCUT2D eigenvalue weighted by atomic mass is 9.92. The van der Waals surface area contributed by atoms with Gasteiger partial charge in [-0.25, -0.2) is 0 Å². The second-order valence-electron chi connectivity index (χ2n) is 7.47. The lowest BCUT2D eigenvalue weighted by molar-refractivity contribution is -0.121. The maximum atomic E-state index is 12.1. The van der Waals surface area contributed by atoms with E-state index in [1.807, 2.05) is 36.4 Å². The molecule has 0 unspecified atom stereocenters. The van der Waals surface area contributed by atoms with Gasteiger partial charge in [-0.2, -0.15) is 0 Å². The monoisotopic (exact) mass is 404 g/mol. The number of ether oxygens (including phenoxy) is 1. The topological polar surface area (TPSA) is 54.7 Å². The average Bonchev–Trinajstić information content (AvgIpc) is 3.13. The molecule has 0 atom stereocenters. The Balaban J connectivity index is 1.32. The molecule has 0 radical (unpaired) electrons. The van der Waals surface area contributed by atoms with Crippen LogP contribution >= 0.6 is 11.6 Å². The van der Waals surface area contributed by atoms with Crippen LogP contribution in [0.15, 0.2) is 40.8 Å². The third-order valence-corrected chi connectivity index (χ3v) is 5.48. The van der Waals surface area contributed by atoms with Gasteiger partial charge in [-0.15, -0.1) is 0 Å². The molecule has 0 spiro atoms. The molecule has 1 saturated heterocycles. The normalized spacial score (nSPS) is 15.6. The molecular weight excluding hydrogens is 376 g/mol. The summed E-state index contributed by atoms with van der Waals surface area (Å²) in [4.78, 5) is 14.5. The number of carbonyl (C=O) groups excluding carboxylic acids is 1. The lowest BCUT2D eigenvalue weighted by Gasteiger charge is -2.31. The fourth-order valence-electron chi connectivity index (χ4n) is 3.65. The van der Waals surface area contributed by atoms with Crippen LogP contribution in [0, 0.1) is 5.92 Å². The number of benzene rings is 1. The fraction of sp³-hybridized carbons (Fsp3) is 0.500. The summed E-state index contributed by atoms with van der Waals surface area (Å²) < 4.78 is 10.9. The maximum absolute atomic E-state index is 12.1. The highest BCUT2D eigenvalue weighted by atomic mass is 35.5. The molecule has 1 aromatic carbocycles. The molecule has 1 aromatic heterocycles. The van der Waals surface area contributed by atoms with E-state index in [1.54, 1.807) is 7.11 Å². The van der Waals surface area contributed by atoms with Gasteiger partial charge in [-0.05, 0) is 68.1 Å². The maximum Gasteiger partial charge on any atom is 0.220 e. The summed E-state index contributed by atoms with van der Waals surface area (Å²) in [6, 6.07) is 11.6. The van der Waals surface area contributed by atoms with Crippen LogP contribution in [0.4, 0.5) is 0 Å². The van der Waals surface area contributed by atoms with Crippen molar-refractivity contribution in [3.05, 3.63) is 58.5 Å². The number of rotatable bonds is 9. The van der Waals surface area contributed by atoms with Crippen LogP contribution in [-0.4, -0.2) is 31.0 Å². The third-order valence-electron chi connectivity index (χ3n) is 5.25. The highest BCUT2D eigenvalue weighted by Crippen LogP contribution is 2.23. The number of hydrogen-bond donors (Lipinski definition) is 1. The summed E-state index contributed by atoms with van der Waals surface area (Å²) in [6.07, 6.45) is 3.80. The van der Waals surface area contributed by atoms with E-state index in [4.69, 9.17) is 20.8 Å². The number of nitrogens with one attached hydrogen (secondary N) is 1. The molecule has 1 N–H and O–H groups in total. The molecule has 1 aliphatic rings. The zero-order valence-electron chi connectivity index (χ0n) is 16.5. The van der Waals surface area contributed by atoms with E-state index in [-0.39, 0.29) is 5.91 Å². The van der Waals surface area contributed by atoms with Crippen molar-refractivity contribution in [3.8, 4) is 0 Å². The molecule has 2 heterocycles. The van der Waals surface area contributed by atoms with E-state index in [2.05, 4.69) is 10.2 Å². The first kappa shape index (κ1) is 20.9. The van der Waals surface area contributed by atoms with Crippen molar-refractivity contribution in [2.75, 3.05) is 20.2 Å². The molecule has 5 nitrogen and oxygen atoms in total. The number of likely N-dealkylation sites (tertiary alicyclic amines) is 1. The summed E-state index contributed by atoms with van der Waals surface area (Å²) in [5.41, 5.74) is 1.03. The van der Waals surface area contributed by atoms with Gasteiger partial charge in [0.05, 0.1) is 6.54 Å². The van der Waals surface area contributed by atoms with Crippen LogP contribution in [-0.2, 0) is 29.2 Å². The van der Waals surface area contributed by atoms with Crippen LogP contribution in [0.2, 0.25) is 5.02 Å². The van der Waals surface area contributed by atoms with Crippen molar-refractivity contribution in [1.29, 1.82) is 0 Å². The molecule has 3 rings (SSSR count). The predicted octanol–water partition coefficient (Wildman–Crippen LogP) is 4.39. The van der Waals surface area contributed by atoms with Gasteiger partial charge in [0, 0.05) is 25.1 Å². The van der Waals surface area contributed by atoms with Crippen LogP contribution in [0.5, 0.6) is 0 Å². The van der Waals surface area contributed by atoms with Gasteiger partial charge < -0.3 is 14.5 Å². The summed E-state index contributed by atoms with van der Waals surface area (Å²) in [7, 11) is 1.67. The largest absolute Gasteiger partial charge is 0.462 e. The SMILES string of the molecule is COCc1ccc(CN2CCC(CCC(=O)NCc3cccc(Cl)c3)CC2)o1. The Morgan fingerprint density at radius 1 is 1.25 bits per heavy atom. The standard InChI is InChI=1S/C22H29ClN2O3/c1-27-16-21-7-6-20(28-21)15-25-11-9-17(10-12-25)5-8-22(26)24-14-18-3-2-4-19(23)13-18/h2-4,6-7,13,17H,5,8-12,14-16H2,1H3,(H,24,26). The molecule has 2 aromatic rings. The van der Waals surface area contributed by atoms with Crippen LogP contribution in [0.25, 0.3) is 0 Å². The average molecular weight is 405 g/mol. The van der Waals surface area contributed by atoms with E-state index >= 15 is 0 Å². The van der Waals surface area contributed by atoms with Gasteiger partial charge in [-0.3, -0.25) is 9.69 Å². The van der Waals surface area contributed by atoms with Crippen molar-refractivity contribution in [1.82, 2.24) is 10.2 Å². The highest BCUT2D eigenvalue weighted by Gasteiger charge is 2.20. The lowest BCUT2D eigenvalue weighted by Crippen LogP contribution is -2.33. The summed E-state index contributed by atoms with van der Waals surface area (Å²) in [5, 5.41) is 3.69. The number of piperidine rings is 1. The molecule has 6 heteroatoms. The Labute approximate surface area is 172 Å². The Hall–Kier alpha value is -1.82. The zero-order chi connectivity index (χ0) is 19.8. The third kappa shape index (κ3) is 6.66. The minimum atomic E-state index is 0.115. The van der Waals surface area contributed by atoms with Crippen molar-refractivity contribution in [3.63, 3.8) is 0 Å². The van der Waals surface area contributed by atoms with E-state index in [1.165, 1.54) is 0 Å². The number of hydrogen-bond acceptors (Lipinski definition) is 4. The Morgan fingerprint density at radius 3 is 2.79 bits per heavy atom. The van der Waals surface area contributed by atoms with Crippen LogP contribution in [0.1, 0.15) is 42.8 Å². The van der Waals surface area contributed by atoms with Gasteiger partial charge in [0.25, 0.3) is 0 Å². The smallest absolute Gasteiger partial charge is 0.220 e. The Morgan fingerprint density at radius 2 is 2.04 bits per heavy atom. The minimum Gasteiger partial charge on any atom is -0.462 e. The van der Waals surface area contributed by atoms with Crippen molar-refractivity contribution in [2.24, 2.45) is 5.92 Å². The first-order valence-electron chi connectivity index (χ1n) is 9.92.